The minimum absolute atomic E-state index is 0.0733. The molecule has 2 aliphatic heterocycles. The van der Waals surface area contributed by atoms with Crippen LogP contribution in [0.2, 0.25) is 5.02 Å². The fourth-order valence-corrected chi connectivity index (χ4v) is 5.32. The average molecular weight is 545 g/mol. The fourth-order valence-electron chi connectivity index (χ4n) is 5.16. The molecule has 4 amide bonds. The Bertz CT molecular complexity index is 1300. The molecule has 0 aromatic heterocycles. The van der Waals surface area contributed by atoms with Gasteiger partial charge in [-0.05, 0) is 61.6 Å². The molecule has 0 bridgehead atoms. The Hall–Kier alpha value is -3.86. The maximum Gasteiger partial charge on any atom is 0.412 e. The van der Waals surface area contributed by atoms with Gasteiger partial charge < -0.3 is 20.1 Å². The van der Waals surface area contributed by atoms with Gasteiger partial charge in [-0.15, -0.1) is 0 Å². The van der Waals surface area contributed by atoms with Crippen LogP contribution in [0.25, 0.3) is 0 Å². The molecular formula is C26H26ClFN4O6. The predicted molar refractivity (Wildman–Crippen MR) is 136 cm³/mol. The molecule has 2 aromatic rings. The minimum atomic E-state index is -1.40. The van der Waals surface area contributed by atoms with Gasteiger partial charge >= 0.3 is 12.2 Å². The number of fused-ring (bicyclic) bond motifs is 2. The van der Waals surface area contributed by atoms with Crippen LogP contribution in [-0.2, 0) is 15.1 Å². The van der Waals surface area contributed by atoms with E-state index in [9.17, 15) is 19.2 Å². The number of halogens is 2. The van der Waals surface area contributed by atoms with E-state index in [0.29, 0.717) is 37.4 Å². The van der Waals surface area contributed by atoms with Gasteiger partial charge in [0.2, 0.25) is 5.91 Å². The van der Waals surface area contributed by atoms with Crippen LogP contribution in [-0.4, -0.2) is 53.1 Å². The highest BCUT2D eigenvalue weighted by molar-refractivity contribution is 6.31. The zero-order valence-electron chi connectivity index (χ0n) is 20.3. The monoisotopic (exact) mass is 544 g/mol. The Morgan fingerprint density at radius 1 is 1.21 bits per heavy atom. The van der Waals surface area contributed by atoms with Crippen LogP contribution in [0.4, 0.5) is 25.4 Å². The second kappa shape index (κ2) is 10.1. The van der Waals surface area contributed by atoms with Gasteiger partial charge in [0.25, 0.3) is 5.91 Å². The molecule has 10 nitrogen and oxygen atoms in total. The third-order valence-electron chi connectivity index (χ3n) is 7.11. The number of likely N-dealkylation sites (tertiary alicyclic amines) is 1. The molecule has 1 aliphatic carbocycles. The van der Waals surface area contributed by atoms with Crippen LogP contribution in [0.1, 0.15) is 48.0 Å². The SMILES string of the molecule is O=C(O)Nc1ccc(C(=O)N[C@@H](CC2CC2)C(=O)N2CCC[C@@]3(C2)OC(=O)Nc2ccc(Cl)c(F)c23)cc1. The lowest BCUT2D eigenvalue weighted by atomic mass is 9.82. The van der Waals surface area contributed by atoms with E-state index in [-0.39, 0.29) is 34.3 Å². The zero-order chi connectivity index (χ0) is 27.0. The number of amides is 4. The lowest BCUT2D eigenvalue weighted by Gasteiger charge is -2.45. The number of anilines is 2. The molecule has 1 spiro atoms. The molecule has 4 N–H and O–H groups in total. The molecule has 0 unspecified atom stereocenters. The first-order valence-corrected chi connectivity index (χ1v) is 12.7. The van der Waals surface area contributed by atoms with E-state index < -0.39 is 35.6 Å². The molecule has 3 aliphatic rings. The predicted octanol–water partition coefficient (Wildman–Crippen LogP) is 4.55. The first-order valence-electron chi connectivity index (χ1n) is 12.3. The van der Waals surface area contributed by atoms with Crippen molar-refractivity contribution in [3.8, 4) is 0 Å². The van der Waals surface area contributed by atoms with Crippen LogP contribution in [0.3, 0.4) is 0 Å². The van der Waals surface area contributed by atoms with Crippen LogP contribution in [0.15, 0.2) is 36.4 Å². The number of hydrogen-bond donors (Lipinski definition) is 4. The normalized spacial score (nSPS) is 21.1. The molecule has 0 radical (unpaired) electrons. The highest BCUT2D eigenvalue weighted by Gasteiger charge is 2.49. The van der Waals surface area contributed by atoms with E-state index in [0.717, 1.165) is 12.8 Å². The van der Waals surface area contributed by atoms with E-state index in [1.54, 1.807) is 0 Å². The van der Waals surface area contributed by atoms with Crippen molar-refractivity contribution in [1.29, 1.82) is 0 Å². The van der Waals surface area contributed by atoms with Crippen molar-refractivity contribution in [3.05, 3.63) is 58.4 Å². The highest BCUT2D eigenvalue weighted by atomic mass is 35.5. The maximum atomic E-state index is 15.2. The van der Waals surface area contributed by atoms with Gasteiger partial charge in [-0.3, -0.25) is 20.2 Å². The van der Waals surface area contributed by atoms with Crippen LogP contribution < -0.4 is 16.0 Å². The summed E-state index contributed by atoms with van der Waals surface area (Å²) in [5.74, 6) is -1.22. The van der Waals surface area contributed by atoms with Gasteiger partial charge in [-0.1, -0.05) is 24.4 Å². The van der Waals surface area contributed by atoms with Gasteiger partial charge in [0.15, 0.2) is 11.4 Å². The van der Waals surface area contributed by atoms with Gasteiger partial charge in [-0.25, -0.2) is 14.0 Å². The van der Waals surface area contributed by atoms with Gasteiger partial charge in [-0.2, -0.15) is 0 Å². The number of nitrogens with zero attached hydrogens (tertiary/aromatic N) is 1. The quantitative estimate of drug-likeness (QED) is 0.421. The standard InChI is InChI=1S/C26H26ClFN4O6/c27-17-8-9-18-20(21(17)28)26(38-25(37)31-18)10-1-11-32(13-26)23(34)19(12-14-2-3-14)30-22(33)15-4-6-16(7-5-15)29-24(35)36/h4-9,14,19,29H,1-3,10-13H2,(H,30,33)(H,31,37)(H,35,36)/t19-,26-/m0/s1. The average Bonchev–Trinajstić information content (AvgIpc) is 3.69. The summed E-state index contributed by atoms with van der Waals surface area (Å²) in [7, 11) is 0. The van der Waals surface area contributed by atoms with Crippen LogP contribution in [0.5, 0.6) is 0 Å². The van der Waals surface area contributed by atoms with Gasteiger partial charge in [0.1, 0.15) is 6.04 Å². The molecule has 2 atom stereocenters. The Kier molecular flexibility index (Phi) is 6.87. The number of hydrogen-bond acceptors (Lipinski definition) is 5. The van der Waals surface area contributed by atoms with E-state index >= 15 is 4.39 Å². The van der Waals surface area contributed by atoms with Crippen molar-refractivity contribution >= 4 is 47.0 Å². The summed E-state index contributed by atoms with van der Waals surface area (Å²) < 4.78 is 20.8. The second-order valence-electron chi connectivity index (χ2n) is 9.87. The molecule has 2 aromatic carbocycles. The van der Waals surface area contributed by atoms with Crippen LogP contribution in [0, 0.1) is 11.7 Å². The van der Waals surface area contributed by atoms with Crippen molar-refractivity contribution < 1.29 is 33.4 Å². The maximum absolute atomic E-state index is 15.2. The summed E-state index contributed by atoms with van der Waals surface area (Å²) in [6.45, 7) is 0.284. The molecule has 200 valence electrons. The number of ether oxygens (including phenoxy) is 1. The number of carbonyl (C=O) groups is 4. The summed E-state index contributed by atoms with van der Waals surface area (Å²) in [6.07, 6.45) is 1.17. The molecule has 1 saturated heterocycles. The zero-order valence-corrected chi connectivity index (χ0v) is 21.0. The second-order valence-corrected chi connectivity index (χ2v) is 10.3. The van der Waals surface area contributed by atoms with Crippen molar-refractivity contribution in [2.45, 2.75) is 43.7 Å². The lowest BCUT2D eigenvalue weighted by Crippen LogP contribution is -2.57. The van der Waals surface area contributed by atoms with Gasteiger partial charge in [0.05, 0.1) is 22.8 Å². The Balaban J connectivity index is 1.36. The number of benzene rings is 2. The summed E-state index contributed by atoms with van der Waals surface area (Å²) >= 11 is 6.04. The number of carboxylic acid groups (broad SMARTS) is 1. The number of rotatable bonds is 6. The van der Waals surface area contributed by atoms with Crippen molar-refractivity contribution in [3.63, 3.8) is 0 Å². The smallest absolute Gasteiger partial charge is 0.412 e. The third kappa shape index (κ3) is 5.24. The van der Waals surface area contributed by atoms with E-state index in [2.05, 4.69) is 16.0 Å². The first kappa shape index (κ1) is 25.8. The summed E-state index contributed by atoms with van der Waals surface area (Å²) in [6, 6.07) is 7.88. The third-order valence-corrected chi connectivity index (χ3v) is 7.40. The molecule has 1 saturated carbocycles. The summed E-state index contributed by atoms with van der Waals surface area (Å²) in [5, 5.41) is 16.2. The topological polar surface area (TPSA) is 137 Å². The molecule has 5 rings (SSSR count). The Morgan fingerprint density at radius 2 is 1.95 bits per heavy atom. The summed E-state index contributed by atoms with van der Waals surface area (Å²) in [5.41, 5.74) is -0.465. The minimum Gasteiger partial charge on any atom is -0.465 e. The lowest BCUT2D eigenvalue weighted by molar-refractivity contribution is -0.141. The summed E-state index contributed by atoms with van der Waals surface area (Å²) in [4.78, 5) is 51.4. The number of piperidine rings is 1. The number of carbonyl (C=O) groups excluding carboxylic acids is 3. The van der Waals surface area contributed by atoms with E-state index in [1.807, 2.05) is 0 Å². The number of nitrogens with one attached hydrogen (secondary N) is 3. The Morgan fingerprint density at radius 3 is 2.63 bits per heavy atom. The molecular weight excluding hydrogens is 519 g/mol. The highest BCUT2D eigenvalue weighted by Crippen LogP contribution is 2.45. The van der Waals surface area contributed by atoms with Gasteiger partial charge in [0, 0.05) is 17.8 Å². The van der Waals surface area contributed by atoms with E-state index in [1.165, 1.54) is 41.3 Å². The molecule has 2 fully saturated rings. The molecule has 12 heteroatoms. The van der Waals surface area contributed by atoms with Crippen molar-refractivity contribution in [1.82, 2.24) is 10.2 Å². The largest absolute Gasteiger partial charge is 0.465 e. The van der Waals surface area contributed by atoms with Crippen molar-refractivity contribution in [2.24, 2.45) is 5.92 Å². The van der Waals surface area contributed by atoms with Crippen LogP contribution >= 0.6 is 11.6 Å². The molecule has 38 heavy (non-hydrogen) atoms. The Labute approximate surface area is 222 Å². The first-order chi connectivity index (χ1) is 18.1. The molecule has 2 heterocycles. The fraction of sp³-hybridized carbons (Fsp3) is 0.385. The van der Waals surface area contributed by atoms with Crippen molar-refractivity contribution in [2.75, 3.05) is 23.7 Å². The van der Waals surface area contributed by atoms with E-state index in [4.69, 9.17) is 21.4 Å².